The second kappa shape index (κ2) is 8.31. The van der Waals surface area contributed by atoms with Crippen LogP contribution < -0.4 is 5.32 Å². The molecule has 0 bridgehead atoms. The van der Waals surface area contributed by atoms with E-state index in [4.69, 9.17) is 0 Å². The molecule has 1 N–H and O–H groups in total. The van der Waals surface area contributed by atoms with E-state index in [0.29, 0.717) is 11.1 Å². The molecule has 27 heavy (non-hydrogen) atoms. The maximum Gasteiger partial charge on any atom is 0.231 e. The van der Waals surface area contributed by atoms with E-state index in [0.717, 1.165) is 21.3 Å². The van der Waals surface area contributed by atoms with Gasteiger partial charge in [0.25, 0.3) is 0 Å². The number of nitrogens with one attached hydrogen (secondary N) is 1. The lowest BCUT2D eigenvalue weighted by atomic mass is 9.95. The lowest BCUT2D eigenvalue weighted by molar-refractivity contribution is -0.117. The summed E-state index contributed by atoms with van der Waals surface area (Å²) < 4.78 is 0.844. The number of rotatable bonds is 5. The topological polar surface area (TPSA) is 46.2 Å². The van der Waals surface area contributed by atoms with Gasteiger partial charge in [0.1, 0.15) is 0 Å². The largest absolute Gasteiger partial charge is 0.325 e. The van der Waals surface area contributed by atoms with Gasteiger partial charge in [0.05, 0.1) is 11.6 Å². The molecule has 4 heteroatoms. The minimum Gasteiger partial charge on any atom is -0.325 e. The van der Waals surface area contributed by atoms with Gasteiger partial charge in [0, 0.05) is 15.6 Å². The molecule has 0 aliphatic heterocycles. The van der Waals surface area contributed by atoms with Crippen LogP contribution in [0.4, 0.5) is 5.69 Å². The molecule has 0 unspecified atom stereocenters. The summed E-state index contributed by atoms with van der Waals surface area (Å²) in [6.45, 7) is 3.83. The van der Waals surface area contributed by atoms with Crippen molar-refractivity contribution in [1.82, 2.24) is 0 Å². The molecule has 0 aliphatic rings. The molecule has 0 aliphatic carbocycles. The van der Waals surface area contributed by atoms with Crippen molar-refractivity contribution < 1.29 is 9.59 Å². The monoisotopic (exact) mass is 421 g/mol. The Bertz CT molecular complexity index is 983. The minimum absolute atomic E-state index is 0.0497. The summed E-state index contributed by atoms with van der Waals surface area (Å²) in [5.74, 6) is -0.558. The highest BCUT2D eigenvalue weighted by molar-refractivity contribution is 9.10. The van der Waals surface area contributed by atoms with Crippen molar-refractivity contribution in [2.45, 2.75) is 19.8 Å². The lowest BCUT2D eigenvalue weighted by Gasteiger charge is -2.15. The summed E-state index contributed by atoms with van der Waals surface area (Å²) in [7, 11) is 0. The highest BCUT2D eigenvalue weighted by Crippen LogP contribution is 2.26. The first kappa shape index (κ1) is 19.1. The molecule has 0 spiro atoms. The van der Waals surface area contributed by atoms with Crippen LogP contribution in [0, 0.1) is 6.92 Å². The Kier molecular flexibility index (Phi) is 5.87. The van der Waals surface area contributed by atoms with E-state index >= 15 is 0 Å². The average molecular weight is 422 g/mol. The Labute approximate surface area is 167 Å². The molecule has 0 saturated heterocycles. The number of hydrogen-bond donors (Lipinski definition) is 1. The number of amides is 1. The van der Waals surface area contributed by atoms with E-state index in [-0.39, 0.29) is 17.6 Å². The highest BCUT2D eigenvalue weighted by atomic mass is 79.9. The first-order valence-electron chi connectivity index (χ1n) is 8.72. The van der Waals surface area contributed by atoms with Crippen LogP contribution in [-0.4, -0.2) is 11.7 Å². The van der Waals surface area contributed by atoms with Crippen LogP contribution in [0.1, 0.15) is 39.9 Å². The third kappa shape index (κ3) is 4.52. The quantitative estimate of drug-likeness (QED) is 0.534. The zero-order valence-corrected chi connectivity index (χ0v) is 16.8. The molecule has 136 valence electrons. The fraction of sp³-hybridized carbons (Fsp3) is 0.130. The number of ketones is 1. The van der Waals surface area contributed by atoms with Gasteiger partial charge in [-0.2, -0.15) is 0 Å². The smallest absolute Gasteiger partial charge is 0.231 e. The first-order chi connectivity index (χ1) is 13.0. The Morgan fingerprint density at radius 2 is 1.59 bits per heavy atom. The van der Waals surface area contributed by atoms with Gasteiger partial charge in [-0.1, -0.05) is 54.6 Å². The summed E-state index contributed by atoms with van der Waals surface area (Å²) in [4.78, 5) is 25.3. The second-order valence-electron chi connectivity index (χ2n) is 6.51. The summed E-state index contributed by atoms with van der Waals surface area (Å²) in [6, 6.07) is 22.2. The molecule has 3 rings (SSSR count). The van der Waals surface area contributed by atoms with Crippen molar-refractivity contribution in [3.8, 4) is 0 Å². The maximum atomic E-state index is 12.7. The van der Waals surface area contributed by atoms with E-state index in [2.05, 4.69) is 21.2 Å². The van der Waals surface area contributed by atoms with Crippen LogP contribution >= 0.6 is 15.9 Å². The molecular formula is C23H20BrNO2. The van der Waals surface area contributed by atoms with Gasteiger partial charge in [-0.05, 0) is 59.1 Å². The van der Waals surface area contributed by atoms with E-state index in [9.17, 15) is 9.59 Å². The lowest BCUT2D eigenvalue weighted by Crippen LogP contribution is -2.19. The van der Waals surface area contributed by atoms with E-state index < -0.39 is 0 Å². The van der Waals surface area contributed by atoms with Gasteiger partial charge in [-0.25, -0.2) is 0 Å². The van der Waals surface area contributed by atoms with Crippen LogP contribution in [-0.2, 0) is 4.79 Å². The van der Waals surface area contributed by atoms with Crippen LogP contribution in [0.5, 0.6) is 0 Å². The number of anilines is 1. The molecule has 1 amide bonds. The highest BCUT2D eigenvalue weighted by Gasteiger charge is 2.18. The Morgan fingerprint density at radius 1 is 0.889 bits per heavy atom. The van der Waals surface area contributed by atoms with E-state index in [1.807, 2.05) is 62.4 Å². The zero-order valence-electron chi connectivity index (χ0n) is 15.2. The minimum atomic E-state index is -0.387. The zero-order chi connectivity index (χ0) is 19.4. The standard InChI is InChI=1S/C23H20BrNO2/c1-15-11-12-21(20(24)13-15)25-23(27)16(2)18-9-6-10-19(14-18)22(26)17-7-4-3-5-8-17/h3-14,16H,1-2H3,(H,25,27)/t16-/m1/s1. The van der Waals surface area contributed by atoms with Crippen LogP contribution in [0.3, 0.4) is 0 Å². The molecule has 0 fully saturated rings. The summed E-state index contributed by atoms with van der Waals surface area (Å²) in [5.41, 5.74) is 3.86. The first-order valence-corrected chi connectivity index (χ1v) is 9.52. The van der Waals surface area contributed by atoms with Crippen molar-refractivity contribution in [2.24, 2.45) is 0 Å². The van der Waals surface area contributed by atoms with Crippen molar-refractivity contribution >= 4 is 33.3 Å². The van der Waals surface area contributed by atoms with Crippen LogP contribution in [0.2, 0.25) is 0 Å². The van der Waals surface area contributed by atoms with E-state index in [1.54, 1.807) is 24.3 Å². The van der Waals surface area contributed by atoms with Gasteiger partial charge in [-0.15, -0.1) is 0 Å². The predicted molar refractivity (Wildman–Crippen MR) is 112 cm³/mol. The number of carbonyl (C=O) groups excluding carboxylic acids is 2. The number of hydrogen-bond acceptors (Lipinski definition) is 2. The molecule has 1 atom stereocenters. The van der Waals surface area contributed by atoms with E-state index in [1.165, 1.54) is 0 Å². The van der Waals surface area contributed by atoms with Gasteiger partial charge in [0.2, 0.25) is 5.91 Å². The molecule has 3 aromatic carbocycles. The fourth-order valence-electron chi connectivity index (χ4n) is 2.82. The van der Waals surface area contributed by atoms with Crippen molar-refractivity contribution in [3.63, 3.8) is 0 Å². The summed E-state index contributed by atoms with van der Waals surface area (Å²) in [6.07, 6.45) is 0. The molecule has 0 aromatic heterocycles. The molecule has 0 heterocycles. The van der Waals surface area contributed by atoms with Gasteiger partial charge in [-0.3, -0.25) is 9.59 Å². The number of halogens is 1. The Balaban J connectivity index is 1.79. The summed E-state index contributed by atoms with van der Waals surface area (Å²) in [5, 5.41) is 2.95. The molecule has 3 aromatic rings. The molecule has 0 saturated carbocycles. The Morgan fingerprint density at radius 3 is 2.30 bits per heavy atom. The van der Waals surface area contributed by atoms with Crippen molar-refractivity contribution in [2.75, 3.05) is 5.32 Å². The Hall–Kier alpha value is -2.72. The second-order valence-corrected chi connectivity index (χ2v) is 7.37. The average Bonchev–Trinajstić information content (AvgIpc) is 2.69. The van der Waals surface area contributed by atoms with Crippen molar-refractivity contribution in [1.29, 1.82) is 0 Å². The third-order valence-corrected chi connectivity index (χ3v) is 5.12. The number of benzene rings is 3. The molecule has 3 nitrogen and oxygen atoms in total. The predicted octanol–water partition coefficient (Wildman–Crippen LogP) is 5.73. The molecule has 0 radical (unpaired) electrons. The summed E-state index contributed by atoms with van der Waals surface area (Å²) >= 11 is 3.48. The van der Waals surface area contributed by atoms with Crippen LogP contribution in [0.25, 0.3) is 0 Å². The number of carbonyl (C=O) groups is 2. The van der Waals surface area contributed by atoms with Gasteiger partial charge < -0.3 is 5.32 Å². The molecular weight excluding hydrogens is 402 g/mol. The van der Waals surface area contributed by atoms with Crippen molar-refractivity contribution in [3.05, 3.63) is 99.5 Å². The van der Waals surface area contributed by atoms with Gasteiger partial charge >= 0.3 is 0 Å². The number of aryl methyl sites for hydroxylation is 1. The van der Waals surface area contributed by atoms with Gasteiger partial charge in [0.15, 0.2) is 5.78 Å². The third-order valence-electron chi connectivity index (χ3n) is 4.46. The normalized spacial score (nSPS) is 11.7. The maximum absolute atomic E-state index is 12.7. The van der Waals surface area contributed by atoms with Crippen LogP contribution in [0.15, 0.2) is 77.3 Å². The SMILES string of the molecule is Cc1ccc(NC(=O)[C@H](C)c2cccc(C(=O)c3ccccc3)c2)c(Br)c1. The fourth-order valence-corrected chi connectivity index (χ4v) is 3.41.